The van der Waals surface area contributed by atoms with E-state index < -0.39 is 10.0 Å². The van der Waals surface area contributed by atoms with Crippen molar-refractivity contribution in [3.05, 3.63) is 42.2 Å². The lowest BCUT2D eigenvalue weighted by molar-refractivity contribution is 0.0398. The van der Waals surface area contributed by atoms with Crippen LogP contribution in [0, 0.1) is 0 Å². The molecular weight excluding hydrogens is 454 g/mol. The fourth-order valence-corrected chi connectivity index (χ4v) is 4.72. The van der Waals surface area contributed by atoms with Crippen LogP contribution in [0.1, 0.15) is 12.5 Å². The molecule has 9 nitrogen and oxygen atoms in total. The molecule has 0 saturated carbocycles. The number of aryl methyl sites for hydroxylation is 1. The summed E-state index contributed by atoms with van der Waals surface area (Å²) in [7, 11) is -1.92. The van der Waals surface area contributed by atoms with Crippen molar-refractivity contribution in [2.45, 2.75) is 13.3 Å². The number of nitrogens with zero attached hydrogens (tertiary/aromatic N) is 3. The van der Waals surface area contributed by atoms with Gasteiger partial charge in [0.05, 0.1) is 37.8 Å². The van der Waals surface area contributed by atoms with Crippen LogP contribution in [0.15, 0.2) is 36.7 Å². The maximum absolute atomic E-state index is 11.9. The molecule has 0 bridgehead atoms. The van der Waals surface area contributed by atoms with E-state index in [2.05, 4.69) is 24.9 Å². The van der Waals surface area contributed by atoms with Gasteiger partial charge in [0.1, 0.15) is 17.9 Å². The van der Waals surface area contributed by atoms with Crippen molar-refractivity contribution in [2.75, 3.05) is 62.8 Å². The quantitative estimate of drug-likeness (QED) is 0.477. The number of nitrogens with one attached hydrogen (secondary N) is 2. The first kappa shape index (κ1) is 24.2. The Hall–Kier alpha value is -2.95. The third-order valence-electron chi connectivity index (χ3n) is 5.84. The zero-order chi connectivity index (χ0) is 24.1. The summed E-state index contributed by atoms with van der Waals surface area (Å²) in [6.45, 7) is 7.12. The summed E-state index contributed by atoms with van der Waals surface area (Å²) in [6, 6.07) is 9.81. The first-order valence-corrected chi connectivity index (χ1v) is 13.2. The number of rotatable bonds is 9. The van der Waals surface area contributed by atoms with Crippen LogP contribution in [0.2, 0.25) is 0 Å². The summed E-state index contributed by atoms with van der Waals surface area (Å²) < 4.78 is 37.4. The molecule has 1 aromatic heterocycles. The van der Waals surface area contributed by atoms with Crippen molar-refractivity contribution >= 4 is 32.4 Å². The van der Waals surface area contributed by atoms with E-state index in [0.29, 0.717) is 17.9 Å². The number of anilines is 2. The molecule has 2 aromatic carbocycles. The van der Waals surface area contributed by atoms with Crippen LogP contribution >= 0.6 is 0 Å². The lowest BCUT2D eigenvalue weighted by Gasteiger charge is -2.26. The van der Waals surface area contributed by atoms with Gasteiger partial charge in [0.25, 0.3) is 0 Å². The molecule has 0 atom stereocenters. The van der Waals surface area contributed by atoms with E-state index in [-0.39, 0.29) is 0 Å². The van der Waals surface area contributed by atoms with Gasteiger partial charge in [-0.15, -0.1) is 0 Å². The third kappa shape index (κ3) is 5.75. The first-order valence-electron chi connectivity index (χ1n) is 11.4. The second-order valence-corrected chi connectivity index (χ2v) is 10.0. The number of methoxy groups -OCH3 is 1. The minimum absolute atomic E-state index is 0.424. The number of fused-ring (bicyclic) bond motifs is 1. The molecule has 34 heavy (non-hydrogen) atoms. The number of benzene rings is 2. The van der Waals surface area contributed by atoms with Gasteiger partial charge < -0.3 is 14.8 Å². The molecule has 0 aliphatic carbocycles. The largest absolute Gasteiger partial charge is 0.494 e. The molecule has 1 fully saturated rings. The summed E-state index contributed by atoms with van der Waals surface area (Å²) in [5.74, 6) is 1.31. The van der Waals surface area contributed by atoms with Crippen molar-refractivity contribution in [1.82, 2.24) is 14.9 Å². The molecule has 2 N–H and O–H groups in total. The Kier molecular flexibility index (Phi) is 7.50. The molecular formula is C24H31N5O4S. The molecule has 0 unspecified atom stereocenters. The predicted molar refractivity (Wildman–Crippen MR) is 135 cm³/mol. The van der Waals surface area contributed by atoms with Crippen LogP contribution in [0.3, 0.4) is 0 Å². The maximum Gasteiger partial charge on any atom is 0.229 e. The normalized spacial score (nSPS) is 14.8. The Morgan fingerprint density at radius 1 is 1.12 bits per heavy atom. The molecule has 0 spiro atoms. The molecule has 1 saturated heterocycles. The van der Waals surface area contributed by atoms with Gasteiger partial charge in [-0.2, -0.15) is 0 Å². The van der Waals surface area contributed by atoms with Gasteiger partial charge >= 0.3 is 0 Å². The van der Waals surface area contributed by atoms with Crippen molar-refractivity contribution in [2.24, 2.45) is 0 Å². The second kappa shape index (κ2) is 10.5. The van der Waals surface area contributed by atoms with Crippen molar-refractivity contribution < 1.29 is 17.9 Å². The highest BCUT2D eigenvalue weighted by molar-refractivity contribution is 7.92. The average Bonchev–Trinajstić information content (AvgIpc) is 2.83. The number of hydrogen-bond donors (Lipinski definition) is 2. The van der Waals surface area contributed by atoms with E-state index in [9.17, 15) is 8.42 Å². The number of morpholine rings is 1. The summed E-state index contributed by atoms with van der Waals surface area (Å²) in [5, 5.41) is 4.36. The highest BCUT2D eigenvalue weighted by Gasteiger charge is 2.16. The molecule has 1 aliphatic heterocycles. The first-order chi connectivity index (χ1) is 16.4. The summed E-state index contributed by atoms with van der Waals surface area (Å²) in [4.78, 5) is 11.3. The Morgan fingerprint density at radius 2 is 1.91 bits per heavy atom. The second-order valence-electron chi connectivity index (χ2n) is 8.28. The average molecular weight is 486 g/mol. The Labute approximate surface area is 200 Å². The summed E-state index contributed by atoms with van der Waals surface area (Å²) >= 11 is 0. The highest BCUT2D eigenvalue weighted by Crippen LogP contribution is 2.36. The topological polar surface area (TPSA) is 106 Å². The lowest BCUT2D eigenvalue weighted by Crippen LogP contribution is -2.39. The van der Waals surface area contributed by atoms with E-state index >= 15 is 0 Å². The molecule has 0 radical (unpaired) electrons. The van der Waals surface area contributed by atoms with E-state index in [1.165, 1.54) is 0 Å². The van der Waals surface area contributed by atoms with Crippen molar-refractivity contribution in [3.8, 4) is 16.9 Å². The zero-order valence-corrected chi connectivity index (χ0v) is 20.6. The number of hydrogen-bond acceptors (Lipinski definition) is 8. The van der Waals surface area contributed by atoms with Gasteiger partial charge in [0, 0.05) is 31.6 Å². The lowest BCUT2D eigenvalue weighted by atomic mass is 9.98. The fourth-order valence-electron chi connectivity index (χ4n) is 4.17. The standard InChI is InChI=1S/C24H31N5O4S/c1-4-17-13-19(15-22(23(17)32-2)28-34(3,30)31)18-5-6-21-20(14-18)24(27-16-26-21)25-7-8-29-9-11-33-12-10-29/h5-6,13-16,28H,4,7-12H2,1-3H3,(H,25,26,27). The van der Waals surface area contributed by atoms with Gasteiger partial charge in [0.2, 0.25) is 10.0 Å². The van der Waals surface area contributed by atoms with Crippen LogP contribution < -0.4 is 14.8 Å². The third-order valence-corrected chi connectivity index (χ3v) is 6.43. The van der Waals surface area contributed by atoms with Crippen molar-refractivity contribution in [3.63, 3.8) is 0 Å². The SMILES string of the molecule is CCc1cc(-c2ccc3ncnc(NCCN4CCOCC4)c3c2)cc(NS(C)(=O)=O)c1OC. The van der Waals surface area contributed by atoms with Gasteiger partial charge in [-0.1, -0.05) is 13.0 Å². The molecule has 1 aliphatic rings. The van der Waals surface area contributed by atoms with Gasteiger partial charge in [0.15, 0.2) is 0 Å². The van der Waals surface area contributed by atoms with Crippen LogP contribution in [-0.4, -0.2) is 76.0 Å². The van der Waals surface area contributed by atoms with Crippen molar-refractivity contribution in [1.29, 1.82) is 0 Å². The van der Waals surface area contributed by atoms with Crippen LogP contribution in [0.5, 0.6) is 5.75 Å². The van der Waals surface area contributed by atoms with Crippen LogP contribution in [-0.2, 0) is 21.2 Å². The molecule has 4 rings (SSSR count). The number of aromatic nitrogens is 2. The van der Waals surface area contributed by atoms with Gasteiger partial charge in [-0.25, -0.2) is 18.4 Å². The summed E-state index contributed by atoms with van der Waals surface area (Å²) in [5.41, 5.74) is 4.00. The minimum atomic E-state index is -3.47. The van der Waals surface area contributed by atoms with Crippen LogP contribution in [0.25, 0.3) is 22.0 Å². The van der Waals surface area contributed by atoms with Gasteiger partial charge in [-0.3, -0.25) is 9.62 Å². The zero-order valence-electron chi connectivity index (χ0n) is 19.8. The number of ether oxygens (including phenoxy) is 2. The fraction of sp³-hybridized carbons (Fsp3) is 0.417. The van der Waals surface area contributed by atoms with Gasteiger partial charge in [-0.05, 0) is 47.4 Å². The van der Waals surface area contributed by atoms with E-state index in [4.69, 9.17) is 9.47 Å². The molecule has 3 aromatic rings. The van der Waals surface area contributed by atoms with Crippen LogP contribution in [0.4, 0.5) is 11.5 Å². The van der Waals surface area contributed by atoms with E-state index in [0.717, 1.165) is 79.1 Å². The minimum Gasteiger partial charge on any atom is -0.494 e. The highest BCUT2D eigenvalue weighted by atomic mass is 32.2. The molecule has 0 amide bonds. The number of sulfonamides is 1. The maximum atomic E-state index is 11.9. The Balaban J connectivity index is 1.66. The predicted octanol–water partition coefficient (Wildman–Crippen LogP) is 2.98. The molecule has 182 valence electrons. The smallest absolute Gasteiger partial charge is 0.229 e. The summed E-state index contributed by atoms with van der Waals surface area (Å²) in [6.07, 6.45) is 3.39. The molecule has 2 heterocycles. The monoisotopic (exact) mass is 485 g/mol. The molecule has 10 heteroatoms. The Morgan fingerprint density at radius 3 is 2.62 bits per heavy atom. The van der Waals surface area contributed by atoms with E-state index in [1.807, 2.05) is 31.2 Å². The Bertz CT molecular complexity index is 1260. The van der Waals surface area contributed by atoms with E-state index in [1.54, 1.807) is 19.5 Å².